The highest BCUT2D eigenvalue weighted by molar-refractivity contribution is 5.25. The van der Waals surface area contributed by atoms with Gasteiger partial charge < -0.3 is 4.57 Å². The Balaban J connectivity index is 3.25. The lowest BCUT2D eigenvalue weighted by Crippen LogP contribution is -2.20. The Kier molecular flexibility index (Phi) is 4.79. The Hall–Kier alpha value is -0.790. The number of aryl methyl sites for hydroxylation is 2. The summed E-state index contributed by atoms with van der Waals surface area (Å²) < 4.78 is 2.47. The molecule has 0 radical (unpaired) electrons. The van der Waals surface area contributed by atoms with Crippen molar-refractivity contribution in [1.29, 1.82) is 0 Å². The van der Waals surface area contributed by atoms with Crippen molar-refractivity contribution < 1.29 is 0 Å². The largest absolute Gasteiger partial charge is 0.331 e. The van der Waals surface area contributed by atoms with Crippen molar-refractivity contribution >= 4 is 0 Å². The third kappa shape index (κ3) is 3.11. The predicted octanol–water partition coefficient (Wildman–Crippen LogP) is 4.11. The number of aromatic nitrogens is 2. The van der Waals surface area contributed by atoms with Gasteiger partial charge in [-0.25, -0.2) is 4.98 Å². The maximum absolute atomic E-state index is 4.83. The van der Waals surface area contributed by atoms with Crippen LogP contribution in [-0.4, -0.2) is 9.55 Å². The molecule has 0 saturated carbocycles. The molecule has 0 N–H and O–H groups in total. The summed E-state index contributed by atoms with van der Waals surface area (Å²) in [6, 6.07) is 0. The quantitative estimate of drug-likeness (QED) is 0.752. The van der Waals surface area contributed by atoms with E-state index in [1.54, 1.807) is 0 Å². The molecule has 0 aromatic carbocycles. The number of nitrogens with zero attached hydrogens (tertiary/aromatic N) is 2. The smallest absolute Gasteiger partial charge is 0.108 e. The highest BCUT2D eigenvalue weighted by atomic mass is 15.1. The molecule has 98 valence electrons. The highest BCUT2D eigenvalue weighted by Gasteiger charge is 2.25. The fraction of sp³-hybridized carbons (Fsp3) is 0.800. The van der Waals surface area contributed by atoms with E-state index >= 15 is 0 Å². The molecule has 2 heteroatoms. The third-order valence-corrected chi connectivity index (χ3v) is 3.22. The van der Waals surface area contributed by atoms with E-state index in [1.165, 1.54) is 30.1 Å². The molecule has 0 atom stereocenters. The summed E-state index contributed by atoms with van der Waals surface area (Å²) >= 11 is 0. The molecular formula is C15H28N2. The lowest BCUT2D eigenvalue weighted by atomic mass is 9.89. The first kappa shape index (κ1) is 14.3. The van der Waals surface area contributed by atoms with Crippen LogP contribution in [0.1, 0.15) is 71.6 Å². The topological polar surface area (TPSA) is 17.8 Å². The van der Waals surface area contributed by atoms with Gasteiger partial charge >= 0.3 is 0 Å². The normalized spacial score (nSPS) is 12.1. The van der Waals surface area contributed by atoms with Crippen molar-refractivity contribution in [2.75, 3.05) is 0 Å². The number of unbranched alkanes of at least 4 members (excludes halogenated alkanes) is 1. The van der Waals surface area contributed by atoms with Crippen LogP contribution in [0.15, 0.2) is 0 Å². The summed E-state index contributed by atoms with van der Waals surface area (Å²) in [5.41, 5.74) is 2.94. The van der Waals surface area contributed by atoms with Crippen molar-refractivity contribution in [1.82, 2.24) is 9.55 Å². The van der Waals surface area contributed by atoms with Crippen LogP contribution in [0.4, 0.5) is 0 Å². The molecule has 0 unspecified atom stereocenters. The third-order valence-electron chi connectivity index (χ3n) is 3.22. The summed E-state index contributed by atoms with van der Waals surface area (Å²) in [6.07, 6.45) is 4.56. The molecule has 0 fully saturated rings. The molecule has 0 aliphatic carbocycles. The number of imidazole rings is 1. The summed E-state index contributed by atoms with van der Waals surface area (Å²) in [6.45, 7) is 14.7. The van der Waals surface area contributed by atoms with Crippen LogP contribution in [0.5, 0.6) is 0 Å². The standard InChI is InChI=1S/C15H28N2/c1-7-10-11-17-13(9-3)16-12(8-2)14(17)15(4,5)6/h7-11H2,1-6H3. The van der Waals surface area contributed by atoms with E-state index < -0.39 is 0 Å². The van der Waals surface area contributed by atoms with E-state index in [0.717, 1.165) is 19.4 Å². The molecule has 1 heterocycles. The van der Waals surface area contributed by atoms with Gasteiger partial charge in [-0.3, -0.25) is 0 Å². The maximum Gasteiger partial charge on any atom is 0.108 e. The van der Waals surface area contributed by atoms with E-state index in [9.17, 15) is 0 Å². The molecule has 0 spiro atoms. The molecule has 0 amide bonds. The second kappa shape index (κ2) is 5.70. The predicted molar refractivity (Wildman–Crippen MR) is 74.6 cm³/mol. The second-order valence-corrected chi connectivity index (χ2v) is 5.79. The minimum absolute atomic E-state index is 0.194. The Morgan fingerprint density at radius 3 is 2.12 bits per heavy atom. The Morgan fingerprint density at radius 2 is 1.71 bits per heavy atom. The summed E-state index contributed by atoms with van der Waals surface area (Å²) in [7, 11) is 0. The molecular weight excluding hydrogens is 208 g/mol. The van der Waals surface area contributed by atoms with Crippen LogP contribution in [0, 0.1) is 0 Å². The first-order valence-corrected chi connectivity index (χ1v) is 7.04. The zero-order valence-corrected chi connectivity index (χ0v) is 12.4. The van der Waals surface area contributed by atoms with Crippen LogP contribution < -0.4 is 0 Å². The fourth-order valence-electron chi connectivity index (χ4n) is 2.47. The average molecular weight is 236 g/mol. The van der Waals surface area contributed by atoms with Crippen LogP contribution in [0.2, 0.25) is 0 Å². The van der Waals surface area contributed by atoms with E-state index in [4.69, 9.17) is 4.98 Å². The summed E-state index contributed by atoms with van der Waals surface area (Å²) in [5, 5.41) is 0. The molecule has 0 bridgehead atoms. The fourth-order valence-corrected chi connectivity index (χ4v) is 2.47. The molecule has 0 aliphatic heterocycles. The lowest BCUT2D eigenvalue weighted by molar-refractivity contribution is 0.491. The van der Waals surface area contributed by atoms with Crippen molar-refractivity contribution in [2.45, 2.75) is 79.2 Å². The van der Waals surface area contributed by atoms with Crippen LogP contribution >= 0.6 is 0 Å². The maximum atomic E-state index is 4.83. The van der Waals surface area contributed by atoms with Gasteiger partial charge in [-0.2, -0.15) is 0 Å². The van der Waals surface area contributed by atoms with E-state index in [-0.39, 0.29) is 5.41 Å². The van der Waals surface area contributed by atoms with Gasteiger partial charge in [0.25, 0.3) is 0 Å². The van der Waals surface area contributed by atoms with Crippen LogP contribution in [0.25, 0.3) is 0 Å². The zero-order chi connectivity index (χ0) is 13.1. The molecule has 0 aliphatic rings. The Bertz CT molecular complexity index is 356. The molecule has 1 aromatic rings. The van der Waals surface area contributed by atoms with Gasteiger partial charge in [-0.1, -0.05) is 48.0 Å². The van der Waals surface area contributed by atoms with Gasteiger partial charge in [0.05, 0.1) is 5.69 Å². The molecule has 17 heavy (non-hydrogen) atoms. The number of rotatable bonds is 5. The molecule has 0 saturated heterocycles. The second-order valence-electron chi connectivity index (χ2n) is 5.79. The van der Waals surface area contributed by atoms with Crippen molar-refractivity contribution in [3.05, 3.63) is 17.2 Å². The van der Waals surface area contributed by atoms with E-state index in [1.807, 2.05) is 0 Å². The lowest BCUT2D eigenvalue weighted by Gasteiger charge is -2.23. The van der Waals surface area contributed by atoms with Crippen molar-refractivity contribution in [3.8, 4) is 0 Å². The van der Waals surface area contributed by atoms with Crippen molar-refractivity contribution in [2.24, 2.45) is 0 Å². The van der Waals surface area contributed by atoms with Crippen LogP contribution in [-0.2, 0) is 24.8 Å². The summed E-state index contributed by atoms with van der Waals surface area (Å²) in [4.78, 5) is 4.83. The van der Waals surface area contributed by atoms with Gasteiger partial charge in [0.2, 0.25) is 0 Å². The van der Waals surface area contributed by atoms with Gasteiger partial charge in [-0.15, -0.1) is 0 Å². The van der Waals surface area contributed by atoms with Gasteiger partial charge in [0.15, 0.2) is 0 Å². The molecule has 1 rings (SSSR count). The van der Waals surface area contributed by atoms with Gasteiger partial charge in [-0.05, 0) is 12.8 Å². The van der Waals surface area contributed by atoms with Gasteiger partial charge in [0, 0.05) is 24.1 Å². The molecule has 2 nitrogen and oxygen atoms in total. The van der Waals surface area contributed by atoms with Crippen molar-refractivity contribution in [3.63, 3.8) is 0 Å². The summed E-state index contributed by atoms with van der Waals surface area (Å²) in [5.74, 6) is 1.26. The minimum atomic E-state index is 0.194. The number of hydrogen-bond acceptors (Lipinski definition) is 1. The highest BCUT2D eigenvalue weighted by Crippen LogP contribution is 2.28. The van der Waals surface area contributed by atoms with Gasteiger partial charge in [0.1, 0.15) is 5.82 Å². The Morgan fingerprint density at radius 1 is 1.06 bits per heavy atom. The molecule has 1 aromatic heterocycles. The monoisotopic (exact) mass is 236 g/mol. The SMILES string of the molecule is CCCCn1c(CC)nc(CC)c1C(C)(C)C. The zero-order valence-electron chi connectivity index (χ0n) is 12.4. The number of hydrogen-bond donors (Lipinski definition) is 0. The minimum Gasteiger partial charge on any atom is -0.331 e. The van der Waals surface area contributed by atoms with E-state index in [2.05, 4.69) is 46.1 Å². The first-order chi connectivity index (χ1) is 7.95. The first-order valence-electron chi connectivity index (χ1n) is 7.04. The van der Waals surface area contributed by atoms with Crippen LogP contribution in [0.3, 0.4) is 0 Å². The Labute approximate surface area is 106 Å². The van der Waals surface area contributed by atoms with E-state index in [0.29, 0.717) is 0 Å². The average Bonchev–Trinajstić information content (AvgIpc) is 2.63.